The van der Waals surface area contributed by atoms with E-state index in [2.05, 4.69) is 22.2 Å². The van der Waals surface area contributed by atoms with Crippen LogP contribution in [0.3, 0.4) is 0 Å². The average Bonchev–Trinajstić information content (AvgIpc) is 2.87. The van der Waals surface area contributed by atoms with Crippen LogP contribution in [0, 0.1) is 0 Å². The van der Waals surface area contributed by atoms with E-state index in [-0.39, 0.29) is 0 Å². The molecular weight excluding hydrogens is 190 g/mol. The van der Waals surface area contributed by atoms with Crippen LogP contribution in [0.4, 0.5) is 0 Å². The molecule has 4 nitrogen and oxygen atoms in total. The molecule has 2 aromatic heterocycles. The Hall–Kier alpha value is -1.55. The molecule has 0 aliphatic heterocycles. The van der Waals surface area contributed by atoms with E-state index in [4.69, 9.17) is 4.42 Å². The molecule has 2 heterocycles. The summed E-state index contributed by atoms with van der Waals surface area (Å²) in [6, 6.07) is 1.89. The molecule has 2 rings (SSSR count). The third-order valence-corrected chi connectivity index (χ3v) is 2.17. The summed E-state index contributed by atoms with van der Waals surface area (Å²) in [6.07, 6.45) is 6.32. The summed E-state index contributed by atoms with van der Waals surface area (Å²) < 4.78 is 5.00. The number of hydrogen-bond donors (Lipinski definition) is 2. The molecule has 0 aliphatic carbocycles. The Morgan fingerprint density at radius 1 is 1.53 bits per heavy atom. The molecule has 0 atom stereocenters. The summed E-state index contributed by atoms with van der Waals surface area (Å²) in [6.45, 7) is 4.01. The Balaban J connectivity index is 1.98. The smallest absolute Gasteiger partial charge is 0.140 e. The molecule has 80 valence electrons. The topological polar surface area (TPSA) is 53.9 Å². The first kappa shape index (κ1) is 9.98. The van der Waals surface area contributed by atoms with E-state index >= 15 is 0 Å². The van der Waals surface area contributed by atoms with Crippen molar-refractivity contribution in [2.75, 3.05) is 6.54 Å². The molecule has 2 N–H and O–H groups in total. The van der Waals surface area contributed by atoms with E-state index in [1.807, 2.05) is 12.3 Å². The van der Waals surface area contributed by atoms with E-state index in [0.29, 0.717) is 0 Å². The molecular formula is C11H15N3O. The second-order valence-corrected chi connectivity index (χ2v) is 3.45. The van der Waals surface area contributed by atoms with Gasteiger partial charge in [0.25, 0.3) is 0 Å². The summed E-state index contributed by atoms with van der Waals surface area (Å²) >= 11 is 0. The summed E-state index contributed by atoms with van der Waals surface area (Å²) in [7, 11) is 0. The van der Waals surface area contributed by atoms with Crippen LogP contribution in [0.15, 0.2) is 29.2 Å². The lowest BCUT2D eigenvalue weighted by atomic mass is 10.3. The zero-order chi connectivity index (χ0) is 10.5. The van der Waals surface area contributed by atoms with Crippen LogP contribution >= 0.6 is 0 Å². The van der Waals surface area contributed by atoms with Crippen molar-refractivity contribution in [3.05, 3.63) is 30.5 Å². The number of imidazole rings is 1. The summed E-state index contributed by atoms with van der Waals surface area (Å²) in [5, 5.41) is 3.32. The van der Waals surface area contributed by atoms with E-state index in [1.54, 1.807) is 12.5 Å². The van der Waals surface area contributed by atoms with Gasteiger partial charge in [-0.3, -0.25) is 0 Å². The molecule has 0 aliphatic rings. The minimum Gasteiger partial charge on any atom is -0.472 e. The Bertz CT molecular complexity index is 392. The van der Waals surface area contributed by atoms with E-state index in [0.717, 1.165) is 36.6 Å². The van der Waals surface area contributed by atoms with Crippen LogP contribution in [-0.2, 0) is 6.54 Å². The first-order valence-corrected chi connectivity index (χ1v) is 5.17. The van der Waals surface area contributed by atoms with E-state index in [9.17, 15) is 0 Å². The fraction of sp³-hybridized carbons (Fsp3) is 0.364. The second kappa shape index (κ2) is 4.79. The van der Waals surface area contributed by atoms with Crippen LogP contribution in [0.5, 0.6) is 0 Å². The Morgan fingerprint density at radius 2 is 2.47 bits per heavy atom. The molecule has 0 amide bonds. The van der Waals surface area contributed by atoms with Crippen LogP contribution in [-0.4, -0.2) is 16.5 Å². The predicted octanol–water partition coefficient (Wildman–Crippen LogP) is 2.17. The highest BCUT2D eigenvalue weighted by molar-refractivity contribution is 5.52. The van der Waals surface area contributed by atoms with Gasteiger partial charge in [-0.1, -0.05) is 6.92 Å². The molecule has 0 radical (unpaired) electrons. The molecule has 15 heavy (non-hydrogen) atoms. The number of rotatable bonds is 5. The molecule has 2 aromatic rings. The number of nitrogens with zero attached hydrogens (tertiary/aromatic N) is 1. The molecule has 0 fully saturated rings. The number of nitrogens with one attached hydrogen (secondary N) is 2. The maximum absolute atomic E-state index is 5.00. The number of aromatic nitrogens is 2. The average molecular weight is 205 g/mol. The lowest BCUT2D eigenvalue weighted by Gasteiger charge is -1.98. The van der Waals surface area contributed by atoms with Crippen molar-refractivity contribution in [3.63, 3.8) is 0 Å². The minimum atomic E-state index is 0.832. The number of aromatic amines is 1. The normalized spacial score (nSPS) is 10.7. The first-order valence-electron chi connectivity index (χ1n) is 5.17. The molecule has 0 unspecified atom stereocenters. The van der Waals surface area contributed by atoms with Crippen molar-refractivity contribution in [1.29, 1.82) is 0 Å². The van der Waals surface area contributed by atoms with Crippen molar-refractivity contribution < 1.29 is 4.42 Å². The maximum atomic E-state index is 5.00. The van der Waals surface area contributed by atoms with Gasteiger partial charge in [-0.15, -0.1) is 0 Å². The van der Waals surface area contributed by atoms with Gasteiger partial charge >= 0.3 is 0 Å². The summed E-state index contributed by atoms with van der Waals surface area (Å²) in [5.41, 5.74) is 2.08. The quantitative estimate of drug-likeness (QED) is 0.735. The second-order valence-electron chi connectivity index (χ2n) is 3.45. The van der Waals surface area contributed by atoms with Crippen molar-refractivity contribution in [2.24, 2.45) is 0 Å². The highest BCUT2D eigenvalue weighted by atomic mass is 16.3. The van der Waals surface area contributed by atoms with E-state index in [1.165, 1.54) is 0 Å². The predicted molar refractivity (Wildman–Crippen MR) is 58.3 cm³/mol. The van der Waals surface area contributed by atoms with Gasteiger partial charge in [0.05, 0.1) is 11.8 Å². The largest absolute Gasteiger partial charge is 0.472 e. The first-order chi connectivity index (χ1) is 7.40. The van der Waals surface area contributed by atoms with Crippen molar-refractivity contribution in [3.8, 4) is 11.4 Å². The number of furan rings is 1. The van der Waals surface area contributed by atoms with Gasteiger partial charge < -0.3 is 14.7 Å². The molecule has 0 spiro atoms. The number of H-pyrrole nitrogens is 1. The standard InChI is InChI=1S/C11H15N3O/c1-2-4-12-6-10-7-13-11(14-10)9-3-5-15-8-9/h3,5,7-8,12H,2,4,6H2,1H3,(H,13,14). The lowest BCUT2D eigenvalue weighted by molar-refractivity contribution is 0.568. The summed E-state index contributed by atoms with van der Waals surface area (Å²) in [5.74, 6) is 0.858. The zero-order valence-electron chi connectivity index (χ0n) is 8.79. The van der Waals surface area contributed by atoms with Crippen LogP contribution in [0.2, 0.25) is 0 Å². The fourth-order valence-electron chi connectivity index (χ4n) is 1.39. The minimum absolute atomic E-state index is 0.832. The zero-order valence-corrected chi connectivity index (χ0v) is 8.79. The highest BCUT2D eigenvalue weighted by Gasteiger charge is 2.03. The lowest BCUT2D eigenvalue weighted by Crippen LogP contribution is -2.13. The van der Waals surface area contributed by atoms with Crippen molar-refractivity contribution >= 4 is 0 Å². The van der Waals surface area contributed by atoms with Gasteiger partial charge in [-0.25, -0.2) is 4.98 Å². The SMILES string of the molecule is CCCNCc1cnc(-c2ccoc2)[nH]1. The molecule has 4 heteroatoms. The molecule has 0 saturated carbocycles. The Kier molecular flexibility index (Phi) is 3.19. The van der Waals surface area contributed by atoms with Gasteiger partial charge in [-0.2, -0.15) is 0 Å². The van der Waals surface area contributed by atoms with Gasteiger partial charge in [0, 0.05) is 18.4 Å². The highest BCUT2D eigenvalue weighted by Crippen LogP contribution is 2.15. The maximum Gasteiger partial charge on any atom is 0.140 e. The van der Waals surface area contributed by atoms with Gasteiger partial charge in [0.1, 0.15) is 12.1 Å². The fourth-order valence-corrected chi connectivity index (χ4v) is 1.39. The third-order valence-electron chi connectivity index (χ3n) is 2.17. The van der Waals surface area contributed by atoms with E-state index < -0.39 is 0 Å². The molecule has 0 bridgehead atoms. The molecule has 0 saturated heterocycles. The Morgan fingerprint density at radius 3 is 3.20 bits per heavy atom. The third kappa shape index (κ3) is 2.47. The Labute approximate surface area is 88.7 Å². The summed E-state index contributed by atoms with van der Waals surface area (Å²) in [4.78, 5) is 7.52. The van der Waals surface area contributed by atoms with Gasteiger partial charge in [0.15, 0.2) is 0 Å². The molecule has 0 aromatic carbocycles. The monoisotopic (exact) mass is 205 g/mol. The van der Waals surface area contributed by atoms with Crippen LogP contribution < -0.4 is 5.32 Å². The van der Waals surface area contributed by atoms with Crippen LogP contribution in [0.25, 0.3) is 11.4 Å². The van der Waals surface area contributed by atoms with Crippen molar-refractivity contribution in [2.45, 2.75) is 19.9 Å². The van der Waals surface area contributed by atoms with Gasteiger partial charge in [-0.05, 0) is 19.0 Å². The van der Waals surface area contributed by atoms with Crippen LogP contribution in [0.1, 0.15) is 19.0 Å². The van der Waals surface area contributed by atoms with Gasteiger partial charge in [0.2, 0.25) is 0 Å². The number of hydrogen-bond acceptors (Lipinski definition) is 3. The van der Waals surface area contributed by atoms with Crippen molar-refractivity contribution in [1.82, 2.24) is 15.3 Å².